The number of aryl methyl sites for hydroxylation is 1. The number of carbonyl (C=O) groups excluding carboxylic acids is 1. The van der Waals surface area contributed by atoms with Gasteiger partial charge in [-0.1, -0.05) is 20.8 Å². The van der Waals surface area contributed by atoms with Crippen molar-refractivity contribution >= 4 is 11.6 Å². The van der Waals surface area contributed by atoms with Crippen LogP contribution in [0.15, 0.2) is 0 Å². The fourth-order valence-corrected chi connectivity index (χ4v) is 1.55. The average Bonchev–Trinajstić information content (AvgIpc) is 2.66. The second-order valence-electron chi connectivity index (χ2n) is 4.73. The van der Waals surface area contributed by atoms with Crippen LogP contribution in [0.2, 0.25) is 0 Å². The van der Waals surface area contributed by atoms with Crippen LogP contribution >= 0.6 is 0 Å². The third-order valence-electron chi connectivity index (χ3n) is 2.83. The number of amides is 1. The summed E-state index contributed by atoms with van der Waals surface area (Å²) in [6, 6.07) is 0. The maximum Gasteiger partial charge on any atom is 0.276 e. The van der Waals surface area contributed by atoms with Crippen molar-refractivity contribution in [2.75, 3.05) is 19.3 Å². The third kappa shape index (κ3) is 3.22. The quantitative estimate of drug-likeness (QED) is 0.819. The standard InChI is InChI=1S/C12H22N4O/c1-5-9-10(13)11(15-14-9)12(17)16(4)7-6-8(2)3/h8H,5-7,13H2,1-4H3,(H,14,15). The maximum absolute atomic E-state index is 12.1. The van der Waals surface area contributed by atoms with Gasteiger partial charge in [-0.3, -0.25) is 9.89 Å². The molecule has 96 valence electrons. The van der Waals surface area contributed by atoms with Crippen molar-refractivity contribution in [3.8, 4) is 0 Å². The van der Waals surface area contributed by atoms with E-state index in [0.717, 1.165) is 25.1 Å². The molecular formula is C12H22N4O. The number of H-pyrrole nitrogens is 1. The van der Waals surface area contributed by atoms with Crippen molar-refractivity contribution < 1.29 is 4.79 Å². The molecule has 1 heterocycles. The number of aromatic amines is 1. The van der Waals surface area contributed by atoms with Gasteiger partial charge in [-0.25, -0.2) is 0 Å². The number of rotatable bonds is 5. The number of nitrogens with one attached hydrogen (secondary N) is 1. The number of nitrogens with zero attached hydrogens (tertiary/aromatic N) is 2. The highest BCUT2D eigenvalue weighted by Gasteiger charge is 2.19. The van der Waals surface area contributed by atoms with E-state index in [1.54, 1.807) is 11.9 Å². The van der Waals surface area contributed by atoms with Crippen LogP contribution in [0.4, 0.5) is 5.69 Å². The molecule has 1 rings (SSSR count). The van der Waals surface area contributed by atoms with Crippen LogP contribution < -0.4 is 5.73 Å². The Hall–Kier alpha value is -1.52. The van der Waals surface area contributed by atoms with E-state index >= 15 is 0 Å². The molecule has 0 aliphatic carbocycles. The summed E-state index contributed by atoms with van der Waals surface area (Å²) in [6.07, 6.45) is 1.73. The fourth-order valence-electron chi connectivity index (χ4n) is 1.55. The number of aromatic nitrogens is 2. The van der Waals surface area contributed by atoms with Crippen LogP contribution in [0.1, 0.15) is 43.4 Å². The first-order chi connectivity index (χ1) is 7.97. The minimum atomic E-state index is -0.112. The molecular weight excluding hydrogens is 216 g/mol. The van der Waals surface area contributed by atoms with Gasteiger partial charge in [0.25, 0.3) is 5.91 Å². The van der Waals surface area contributed by atoms with E-state index in [1.807, 2.05) is 6.92 Å². The molecule has 0 aliphatic heterocycles. The number of nitrogens with two attached hydrogens (primary N) is 1. The summed E-state index contributed by atoms with van der Waals surface area (Å²) in [7, 11) is 1.78. The Labute approximate surface area is 102 Å². The zero-order valence-electron chi connectivity index (χ0n) is 11.1. The van der Waals surface area contributed by atoms with Gasteiger partial charge < -0.3 is 10.6 Å². The maximum atomic E-state index is 12.1. The van der Waals surface area contributed by atoms with Crippen molar-refractivity contribution in [1.29, 1.82) is 0 Å². The lowest BCUT2D eigenvalue weighted by Gasteiger charge is -2.17. The molecule has 3 N–H and O–H groups in total. The highest BCUT2D eigenvalue weighted by molar-refractivity contribution is 5.97. The molecule has 0 spiro atoms. The molecule has 0 bridgehead atoms. The van der Waals surface area contributed by atoms with Gasteiger partial charge in [0.1, 0.15) is 0 Å². The van der Waals surface area contributed by atoms with Crippen molar-refractivity contribution in [1.82, 2.24) is 15.1 Å². The predicted molar refractivity (Wildman–Crippen MR) is 68.8 cm³/mol. The Morgan fingerprint density at radius 1 is 1.53 bits per heavy atom. The highest BCUT2D eigenvalue weighted by atomic mass is 16.2. The molecule has 1 amide bonds. The largest absolute Gasteiger partial charge is 0.395 e. The number of carbonyl (C=O) groups is 1. The molecule has 17 heavy (non-hydrogen) atoms. The number of hydrogen-bond acceptors (Lipinski definition) is 3. The first-order valence-corrected chi connectivity index (χ1v) is 6.05. The topological polar surface area (TPSA) is 75.0 Å². The van der Waals surface area contributed by atoms with Gasteiger partial charge in [0, 0.05) is 13.6 Å². The van der Waals surface area contributed by atoms with E-state index in [2.05, 4.69) is 24.0 Å². The van der Waals surface area contributed by atoms with Crippen LogP contribution in [-0.2, 0) is 6.42 Å². The van der Waals surface area contributed by atoms with Crippen LogP contribution in [0.5, 0.6) is 0 Å². The number of nitrogen functional groups attached to an aromatic ring is 1. The van der Waals surface area contributed by atoms with Crippen LogP contribution in [0.3, 0.4) is 0 Å². The number of hydrogen-bond donors (Lipinski definition) is 2. The molecule has 0 saturated heterocycles. The molecule has 0 aromatic carbocycles. The molecule has 1 aromatic heterocycles. The smallest absolute Gasteiger partial charge is 0.276 e. The molecule has 0 fully saturated rings. The van der Waals surface area contributed by atoms with Crippen LogP contribution in [-0.4, -0.2) is 34.6 Å². The third-order valence-corrected chi connectivity index (χ3v) is 2.83. The second kappa shape index (κ2) is 5.70. The SMILES string of the molecule is CCc1[nH]nc(C(=O)N(C)CCC(C)C)c1N. The average molecular weight is 238 g/mol. The molecule has 5 heteroatoms. The van der Waals surface area contributed by atoms with Gasteiger partial charge in [-0.2, -0.15) is 5.10 Å². The lowest BCUT2D eigenvalue weighted by Crippen LogP contribution is -2.29. The predicted octanol–water partition coefficient (Wildman–Crippen LogP) is 1.67. The summed E-state index contributed by atoms with van der Waals surface area (Å²) in [5, 5.41) is 6.80. The van der Waals surface area contributed by atoms with E-state index in [4.69, 9.17) is 5.73 Å². The Kier molecular flexibility index (Phi) is 4.54. The van der Waals surface area contributed by atoms with Gasteiger partial charge in [-0.15, -0.1) is 0 Å². The Morgan fingerprint density at radius 3 is 2.65 bits per heavy atom. The van der Waals surface area contributed by atoms with E-state index < -0.39 is 0 Å². The first kappa shape index (κ1) is 13.5. The monoisotopic (exact) mass is 238 g/mol. The number of anilines is 1. The van der Waals surface area contributed by atoms with Crippen molar-refractivity contribution in [2.45, 2.75) is 33.6 Å². The molecule has 0 radical (unpaired) electrons. The van der Waals surface area contributed by atoms with Gasteiger partial charge in [0.2, 0.25) is 0 Å². The summed E-state index contributed by atoms with van der Waals surface area (Å²) in [5.41, 5.74) is 7.51. The van der Waals surface area contributed by atoms with Crippen LogP contribution in [0, 0.1) is 5.92 Å². The van der Waals surface area contributed by atoms with Crippen molar-refractivity contribution in [3.05, 3.63) is 11.4 Å². The van der Waals surface area contributed by atoms with Gasteiger partial charge in [0.15, 0.2) is 5.69 Å². The summed E-state index contributed by atoms with van der Waals surface area (Å²) >= 11 is 0. The zero-order chi connectivity index (χ0) is 13.0. The normalized spacial score (nSPS) is 10.9. The molecule has 0 atom stereocenters. The Bertz CT molecular complexity index is 384. The minimum absolute atomic E-state index is 0.112. The van der Waals surface area contributed by atoms with E-state index in [9.17, 15) is 4.79 Å². The lowest BCUT2D eigenvalue weighted by molar-refractivity contribution is 0.0784. The Balaban J connectivity index is 2.71. The molecule has 0 aliphatic rings. The molecule has 0 saturated carbocycles. The summed E-state index contributed by atoms with van der Waals surface area (Å²) in [6.45, 7) is 6.97. The lowest BCUT2D eigenvalue weighted by atomic mass is 10.1. The van der Waals surface area contributed by atoms with Gasteiger partial charge in [-0.05, 0) is 18.8 Å². The van der Waals surface area contributed by atoms with Gasteiger partial charge >= 0.3 is 0 Å². The molecule has 1 aromatic rings. The first-order valence-electron chi connectivity index (χ1n) is 6.05. The summed E-state index contributed by atoms with van der Waals surface area (Å²) in [4.78, 5) is 13.7. The second-order valence-corrected chi connectivity index (χ2v) is 4.73. The highest BCUT2D eigenvalue weighted by Crippen LogP contribution is 2.16. The Morgan fingerprint density at radius 2 is 2.18 bits per heavy atom. The summed E-state index contributed by atoms with van der Waals surface area (Å²) in [5.74, 6) is 0.465. The van der Waals surface area contributed by atoms with E-state index in [-0.39, 0.29) is 5.91 Å². The molecule has 0 unspecified atom stereocenters. The van der Waals surface area contributed by atoms with E-state index in [1.165, 1.54) is 0 Å². The van der Waals surface area contributed by atoms with Crippen LogP contribution in [0.25, 0.3) is 0 Å². The van der Waals surface area contributed by atoms with Crippen molar-refractivity contribution in [2.24, 2.45) is 5.92 Å². The summed E-state index contributed by atoms with van der Waals surface area (Å²) < 4.78 is 0. The zero-order valence-corrected chi connectivity index (χ0v) is 11.1. The van der Waals surface area contributed by atoms with Crippen molar-refractivity contribution in [3.63, 3.8) is 0 Å². The minimum Gasteiger partial charge on any atom is -0.395 e. The van der Waals surface area contributed by atoms with E-state index in [0.29, 0.717) is 17.3 Å². The van der Waals surface area contributed by atoms with Gasteiger partial charge in [0.05, 0.1) is 11.4 Å². The molecule has 5 nitrogen and oxygen atoms in total. The fraction of sp³-hybridized carbons (Fsp3) is 0.667.